The maximum atomic E-state index is 13.3. The molecule has 0 aliphatic heterocycles. The van der Waals surface area contributed by atoms with Gasteiger partial charge in [0.2, 0.25) is 0 Å². The first-order valence-corrected chi connectivity index (χ1v) is 8.44. The lowest BCUT2D eigenvalue weighted by Gasteiger charge is -2.36. The fourth-order valence-electron chi connectivity index (χ4n) is 3.17. The molecule has 2 atom stereocenters. The third-order valence-corrected chi connectivity index (χ3v) is 4.52. The van der Waals surface area contributed by atoms with Gasteiger partial charge in [-0.25, -0.2) is 4.39 Å². The highest BCUT2D eigenvalue weighted by Crippen LogP contribution is 2.28. The van der Waals surface area contributed by atoms with E-state index < -0.39 is 5.60 Å². The van der Waals surface area contributed by atoms with Gasteiger partial charge in [-0.15, -0.1) is 0 Å². The quantitative estimate of drug-likeness (QED) is 0.845. The Kier molecular flexibility index (Phi) is 5.30. The minimum atomic E-state index is -1.04. The van der Waals surface area contributed by atoms with Gasteiger partial charge in [-0.2, -0.15) is 0 Å². The Bertz CT molecular complexity index is 734. The molecule has 0 radical (unpaired) electrons. The summed E-state index contributed by atoms with van der Waals surface area (Å²) in [6.45, 7) is 0.526. The van der Waals surface area contributed by atoms with Crippen LogP contribution in [0.5, 0.6) is 0 Å². The van der Waals surface area contributed by atoms with Gasteiger partial charge >= 0.3 is 0 Å². The molecule has 0 saturated heterocycles. The van der Waals surface area contributed by atoms with Crippen LogP contribution >= 0.6 is 0 Å². The van der Waals surface area contributed by atoms with E-state index in [0.29, 0.717) is 13.0 Å². The highest BCUT2D eigenvalue weighted by molar-refractivity contribution is 5.37. The maximum absolute atomic E-state index is 13.3. The van der Waals surface area contributed by atoms with Gasteiger partial charge in [0.25, 0.3) is 0 Å². The monoisotopic (exact) mass is 323 g/mol. The molecule has 2 aromatic rings. The van der Waals surface area contributed by atoms with Crippen LogP contribution in [0.25, 0.3) is 0 Å². The lowest BCUT2D eigenvalue weighted by Crippen LogP contribution is -2.51. The second-order valence-electron chi connectivity index (χ2n) is 6.35. The summed E-state index contributed by atoms with van der Waals surface area (Å²) in [7, 11) is 0. The SMILES string of the molecule is O[C@@]1(C#Cc2ccccc2)CCCC[C@@H]1NCc1cccc(F)c1. The van der Waals surface area contributed by atoms with Crippen LogP contribution in [0.3, 0.4) is 0 Å². The molecule has 2 aromatic carbocycles. The van der Waals surface area contributed by atoms with Gasteiger partial charge in [-0.3, -0.25) is 0 Å². The van der Waals surface area contributed by atoms with Crippen molar-refractivity contribution < 1.29 is 9.50 Å². The Morgan fingerprint density at radius 1 is 1.12 bits per heavy atom. The number of nitrogens with one attached hydrogen (secondary N) is 1. The molecule has 1 aliphatic carbocycles. The first kappa shape index (κ1) is 16.7. The smallest absolute Gasteiger partial charge is 0.141 e. The lowest BCUT2D eigenvalue weighted by molar-refractivity contribution is 0.0254. The first-order chi connectivity index (χ1) is 11.7. The largest absolute Gasteiger partial charge is 0.376 e. The van der Waals surface area contributed by atoms with Crippen LogP contribution in [0.2, 0.25) is 0 Å². The van der Waals surface area contributed by atoms with E-state index in [-0.39, 0.29) is 11.9 Å². The number of aliphatic hydroxyl groups is 1. The highest BCUT2D eigenvalue weighted by Gasteiger charge is 2.37. The second kappa shape index (κ2) is 7.61. The van der Waals surface area contributed by atoms with Crippen molar-refractivity contribution >= 4 is 0 Å². The normalized spacial score (nSPS) is 23.3. The molecule has 0 amide bonds. The number of halogens is 1. The molecular formula is C21H22FNO. The van der Waals surface area contributed by atoms with Gasteiger partial charge < -0.3 is 10.4 Å². The molecule has 2 N–H and O–H groups in total. The van der Waals surface area contributed by atoms with Gasteiger partial charge in [0.05, 0.1) is 0 Å². The summed E-state index contributed by atoms with van der Waals surface area (Å²) >= 11 is 0. The Morgan fingerprint density at radius 2 is 1.96 bits per heavy atom. The standard InChI is InChI=1S/C21H22FNO/c22-19-10-6-9-18(15-19)16-23-20-11-4-5-13-21(20,24)14-12-17-7-2-1-3-8-17/h1-3,6-10,15,20,23-24H,4-5,11,13,16H2/t20-,21+/m0/s1. The summed E-state index contributed by atoms with van der Waals surface area (Å²) in [5, 5.41) is 14.4. The Hall–Kier alpha value is -2.15. The fourth-order valence-corrected chi connectivity index (χ4v) is 3.17. The summed E-state index contributed by atoms with van der Waals surface area (Å²) in [5.41, 5.74) is 0.737. The van der Waals surface area contributed by atoms with Crippen molar-refractivity contribution in [1.82, 2.24) is 5.32 Å². The average Bonchev–Trinajstić information content (AvgIpc) is 2.60. The molecule has 0 unspecified atom stereocenters. The number of benzene rings is 2. The zero-order valence-electron chi connectivity index (χ0n) is 13.6. The summed E-state index contributed by atoms with van der Waals surface area (Å²) in [4.78, 5) is 0. The van der Waals surface area contributed by atoms with Gasteiger partial charge in [-0.1, -0.05) is 48.6 Å². The third-order valence-electron chi connectivity index (χ3n) is 4.52. The Labute approximate surface area is 142 Å². The van der Waals surface area contributed by atoms with Crippen molar-refractivity contribution in [1.29, 1.82) is 0 Å². The van der Waals surface area contributed by atoms with E-state index in [1.807, 2.05) is 36.4 Å². The number of hydrogen-bond acceptors (Lipinski definition) is 2. The Morgan fingerprint density at radius 3 is 2.75 bits per heavy atom. The van der Waals surface area contributed by atoms with Crippen molar-refractivity contribution in [2.45, 2.75) is 43.9 Å². The zero-order chi connectivity index (χ0) is 16.8. The molecule has 0 aromatic heterocycles. The van der Waals surface area contributed by atoms with Crippen LogP contribution < -0.4 is 5.32 Å². The van der Waals surface area contributed by atoms with E-state index in [1.165, 1.54) is 12.1 Å². The van der Waals surface area contributed by atoms with Crippen molar-refractivity contribution in [3.63, 3.8) is 0 Å². The van der Waals surface area contributed by atoms with Gasteiger partial charge in [0, 0.05) is 18.2 Å². The third kappa shape index (κ3) is 4.23. The molecule has 0 bridgehead atoms. The van der Waals surface area contributed by atoms with Gasteiger partial charge in [0.15, 0.2) is 0 Å². The van der Waals surface area contributed by atoms with E-state index in [2.05, 4.69) is 17.2 Å². The maximum Gasteiger partial charge on any atom is 0.141 e. The van der Waals surface area contributed by atoms with Crippen LogP contribution in [0.15, 0.2) is 54.6 Å². The second-order valence-corrected chi connectivity index (χ2v) is 6.35. The Balaban J connectivity index is 1.72. The fraction of sp³-hybridized carbons (Fsp3) is 0.333. The van der Waals surface area contributed by atoms with Crippen LogP contribution in [0.1, 0.15) is 36.8 Å². The van der Waals surface area contributed by atoms with Crippen LogP contribution in [-0.2, 0) is 6.54 Å². The van der Waals surface area contributed by atoms with Crippen molar-refractivity contribution in [2.75, 3.05) is 0 Å². The summed E-state index contributed by atoms with van der Waals surface area (Å²) in [6.07, 6.45) is 3.57. The lowest BCUT2D eigenvalue weighted by atomic mass is 9.80. The van der Waals surface area contributed by atoms with Crippen LogP contribution in [-0.4, -0.2) is 16.7 Å². The minimum Gasteiger partial charge on any atom is -0.376 e. The van der Waals surface area contributed by atoms with Gasteiger partial charge in [-0.05, 0) is 49.1 Å². The predicted octanol–water partition coefficient (Wildman–Crippen LogP) is 3.64. The number of hydrogen-bond donors (Lipinski definition) is 2. The first-order valence-electron chi connectivity index (χ1n) is 8.44. The molecule has 3 heteroatoms. The van der Waals surface area contributed by atoms with Crippen molar-refractivity contribution in [3.8, 4) is 11.8 Å². The van der Waals surface area contributed by atoms with Crippen molar-refractivity contribution in [2.24, 2.45) is 0 Å². The van der Waals surface area contributed by atoms with Crippen LogP contribution in [0.4, 0.5) is 4.39 Å². The van der Waals surface area contributed by atoms with Crippen molar-refractivity contribution in [3.05, 3.63) is 71.5 Å². The summed E-state index contributed by atoms with van der Waals surface area (Å²) in [6, 6.07) is 16.1. The molecular weight excluding hydrogens is 301 g/mol. The zero-order valence-corrected chi connectivity index (χ0v) is 13.6. The highest BCUT2D eigenvalue weighted by atomic mass is 19.1. The van der Waals surface area contributed by atoms with E-state index in [9.17, 15) is 9.50 Å². The molecule has 1 fully saturated rings. The van der Waals surface area contributed by atoms with Gasteiger partial charge in [0.1, 0.15) is 11.4 Å². The molecule has 3 rings (SSSR count). The van der Waals surface area contributed by atoms with E-state index in [4.69, 9.17) is 0 Å². The number of rotatable bonds is 3. The van der Waals surface area contributed by atoms with E-state index in [1.54, 1.807) is 6.07 Å². The van der Waals surface area contributed by atoms with Crippen LogP contribution in [0, 0.1) is 17.7 Å². The average molecular weight is 323 g/mol. The molecule has 2 nitrogen and oxygen atoms in total. The van der Waals surface area contributed by atoms with E-state index in [0.717, 1.165) is 30.4 Å². The van der Waals surface area contributed by atoms with E-state index >= 15 is 0 Å². The topological polar surface area (TPSA) is 32.3 Å². The minimum absolute atomic E-state index is 0.106. The molecule has 0 heterocycles. The predicted molar refractivity (Wildman–Crippen MR) is 93.8 cm³/mol. The molecule has 1 aliphatic rings. The molecule has 24 heavy (non-hydrogen) atoms. The molecule has 0 spiro atoms. The molecule has 1 saturated carbocycles. The molecule has 124 valence electrons. The summed E-state index contributed by atoms with van der Waals surface area (Å²) in [5.74, 6) is 5.93. The summed E-state index contributed by atoms with van der Waals surface area (Å²) < 4.78 is 13.3.